The third-order valence-corrected chi connectivity index (χ3v) is 4.38. The van der Waals surface area contributed by atoms with Crippen LogP contribution in [0.1, 0.15) is 16.3 Å². The third kappa shape index (κ3) is 3.19. The van der Waals surface area contributed by atoms with Crippen LogP contribution < -0.4 is 0 Å². The monoisotopic (exact) mass is 370 g/mol. The van der Waals surface area contributed by atoms with Gasteiger partial charge in [-0.25, -0.2) is 4.98 Å². The Hall–Kier alpha value is -2.16. The van der Waals surface area contributed by atoms with Crippen LogP contribution in [0.2, 0.25) is 0 Å². The van der Waals surface area contributed by atoms with E-state index < -0.39 is 0 Å². The molecular formula is C17H11BrN2OS. The van der Waals surface area contributed by atoms with Crippen LogP contribution in [0.3, 0.4) is 0 Å². The minimum atomic E-state index is 0.491. The molecule has 0 unspecified atom stereocenters. The van der Waals surface area contributed by atoms with Crippen LogP contribution in [0.25, 0.3) is 22.9 Å². The minimum absolute atomic E-state index is 0.491. The van der Waals surface area contributed by atoms with Crippen LogP contribution in [-0.2, 0) is 0 Å². The lowest BCUT2D eigenvalue weighted by Crippen LogP contribution is -1.82. The molecule has 0 saturated carbocycles. The highest BCUT2D eigenvalue weighted by molar-refractivity contribution is 9.10. The topological polar surface area (TPSA) is 49.8 Å². The Labute approximate surface area is 140 Å². The zero-order valence-electron chi connectivity index (χ0n) is 11.7. The molecule has 0 aliphatic carbocycles. The maximum atomic E-state index is 9.36. The van der Waals surface area contributed by atoms with Crippen molar-refractivity contribution >= 4 is 38.9 Å². The molecule has 3 aromatic rings. The molecule has 3 nitrogen and oxygen atoms in total. The van der Waals surface area contributed by atoms with Crippen molar-refractivity contribution in [1.82, 2.24) is 4.98 Å². The zero-order chi connectivity index (χ0) is 15.5. The van der Waals surface area contributed by atoms with Gasteiger partial charge in [0.1, 0.15) is 16.8 Å². The highest BCUT2D eigenvalue weighted by Crippen LogP contribution is 2.28. The van der Waals surface area contributed by atoms with Gasteiger partial charge in [-0.05, 0) is 35.0 Å². The number of rotatable bonds is 3. The summed E-state index contributed by atoms with van der Waals surface area (Å²) in [5, 5.41) is 12.0. The summed E-state index contributed by atoms with van der Waals surface area (Å²) in [6.07, 6.45) is 1.70. The summed E-state index contributed by atoms with van der Waals surface area (Å²) in [5.74, 6) is 0.621. The average molecular weight is 371 g/mol. The first-order valence-electron chi connectivity index (χ1n) is 6.56. The molecule has 5 heteroatoms. The quantitative estimate of drug-likeness (QED) is 0.568. The van der Waals surface area contributed by atoms with Crippen molar-refractivity contribution in [2.45, 2.75) is 6.92 Å². The van der Waals surface area contributed by atoms with Crippen LogP contribution in [0, 0.1) is 18.3 Å². The molecule has 0 amide bonds. The number of allylic oxidation sites excluding steroid dienone is 1. The molecule has 0 fully saturated rings. The Balaban J connectivity index is 1.93. The number of furan rings is 1. The lowest BCUT2D eigenvalue weighted by Gasteiger charge is -1.97. The second kappa shape index (κ2) is 6.30. The van der Waals surface area contributed by atoms with Gasteiger partial charge in [0.2, 0.25) is 0 Å². The number of aromatic nitrogens is 1. The molecule has 0 saturated heterocycles. The van der Waals surface area contributed by atoms with E-state index in [2.05, 4.69) is 39.1 Å². The standard InChI is InChI=1S/C17H11BrN2OS/c1-11-2-4-12(5-3-11)15-10-22-17(20-15)13(9-19)8-14-6-7-16(18)21-14/h2-8,10H,1H3/b13-8+. The summed E-state index contributed by atoms with van der Waals surface area (Å²) in [4.78, 5) is 4.56. The number of nitriles is 1. The number of halogens is 1. The van der Waals surface area contributed by atoms with Gasteiger partial charge in [-0.3, -0.25) is 0 Å². The highest BCUT2D eigenvalue weighted by atomic mass is 79.9. The lowest BCUT2D eigenvalue weighted by molar-refractivity contribution is 0.532. The molecule has 0 aliphatic rings. The van der Waals surface area contributed by atoms with Gasteiger partial charge in [-0.15, -0.1) is 11.3 Å². The molecule has 108 valence electrons. The number of hydrogen-bond acceptors (Lipinski definition) is 4. The molecule has 2 heterocycles. The van der Waals surface area contributed by atoms with Crippen molar-refractivity contribution in [2.24, 2.45) is 0 Å². The van der Waals surface area contributed by atoms with Gasteiger partial charge in [-0.2, -0.15) is 5.26 Å². The summed E-state index contributed by atoms with van der Waals surface area (Å²) >= 11 is 4.70. The Bertz CT molecular complexity index is 869. The first kappa shape index (κ1) is 14.8. The second-order valence-electron chi connectivity index (χ2n) is 4.72. The van der Waals surface area contributed by atoms with E-state index in [1.807, 2.05) is 24.4 Å². The van der Waals surface area contributed by atoms with E-state index >= 15 is 0 Å². The maximum absolute atomic E-state index is 9.36. The minimum Gasteiger partial charge on any atom is -0.450 e. The molecule has 2 aromatic heterocycles. The summed E-state index contributed by atoms with van der Waals surface area (Å²) in [7, 11) is 0. The molecule has 0 atom stereocenters. The van der Waals surface area contributed by atoms with Crippen molar-refractivity contribution in [2.75, 3.05) is 0 Å². The maximum Gasteiger partial charge on any atom is 0.169 e. The number of aryl methyl sites for hydroxylation is 1. The fraction of sp³-hybridized carbons (Fsp3) is 0.0588. The van der Waals surface area contributed by atoms with Crippen molar-refractivity contribution in [1.29, 1.82) is 5.26 Å². The number of nitrogens with zero attached hydrogens (tertiary/aromatic N) is 2. The van der Waals surface area contributed by atoms with E-state index in [-0.39, 0.29) is 0 Å². The summed E-state index contributed by atoms with van der Waals surface area (Å²) in [6.45, 7) is 2.05. The van der Waals surface area contributed by atoms with Gasteiger partial charge in [0.15, 0.2) is 4.67 Å². The molecule has 0 N–H and O–H groups in total. The van der Waals surface area contributed by atoms with Crippen LogP contribution in [0.4, 0.5) is 0 Å². The van der Waals surface area contributed by atoms with Gasteiger partial charge in [0.05, 0.1) is 11.3 Å². The normalized spacial score (nSPS) is 11.4. The fourth-order valence-electron chi connectivity index (χ4n) is 1.94. The SMILES string of the molecule is Cc1ccc(-c2csc(/C(C#N)=C/c3ccc(Br)o3)n2)cc1. The fourth-order valence-corrected chi connectivity index (χ4v) is 3.06. The second-order valence-corrected chi connectivity index (χ2v) is 6.36. The van der Waals surface area contributed by atoms with Crippen LogP contribution in [-0.4, -0.2) is 4.98 Å². The summed E-state index contributed by atoms with van der Waals surface area (Å²) in [5.41, 5.74) is 3.62. The molecule has 3 rings (SSSR count). The first-order chi connectivity index (χ1) is 10.7. The van der Waals surface area contributed by atoms with E-state index in [1.165, 1.54) is 16.9 Å². The molecule has 0 aliphatic heterocycles. The lowest BCUT2D eigenvalue weighted by atomic mass is 10.1. The number of hydrogen-bond donors (Lipinski definition) is 0. The highest BCUT2D eigenvalue weighted by Gasteiger charge is 2.10. The zero-order valence-corrected chi connectivity index (χ0v) is 14.1. The molecule has 0 radical (unpaired) electrons. The van der Waals surface area contributed by atoms with Crippen molar-refractivity contribution in [3.05, 3.63) is 62.8 Å². The first-order valence-corrected chi connectivity index (χ1v) is 8.23. The van der Waals surface area contributed by atoms with Crippen LogP contribution in [0.5, 0.6) is 0 Å². The van der Waals surface area contributed by atoms with Gasteiger partial charge >= 0.3 is 0 Å². The van der Waals surface area contributed by atoms with Gasteiger partial charge in [0, 0.05) is 17.0 Å². The Morgan fingerprint density at radius 3 is 2.68 bits per heavy atom. The smallest absolute Gasteiger partial charge is 0.169 e. The van der Waals surface area contributed by atoms with E-state index in [4.69, 9.17) is 4.42 Å². The summed E-state index contributed by atoms with van der Waals surface area (Å²) < 4.78 is 6.04. The molecule has 22 heavy (non-hydrogen) atoms. The van der Waals surface area contributed by atoms with E-state index in [0.29, 0.717) is 21.0 Å². The number of benzene rings is 1. The van der Waals surface area contributed by atoms with Crippen LogP contribution in [0.15, 0.2) is 50.9 Å². The third-order valence-electron chi connectivity index (χ3n) is 3.08. The largest absolute Gasteiger partial charge is 0.450 e. The van der Waals surface area contributed by atoms with Gasteiger partial charge in [0.25, 0.3) is 0 Å². The predicted molar refractivity (Wildman–Crippen MR) is 92.2 cm³/mol. The predicted octanol–water partition coefficient (Wildman–Crippen LogP) is 5.54. The molecule has 0 spiro atoms. The molecular weight excluding hydrogens is 360 g/mol. The van der Waals surface area contributed by atoms with E-state index in [9.17, 15) is 5.26 Å². The van der Waals surface area contributed by atoms with Gasteiger partial charge in [-0.1, -0.05) is 29.8 Å². The Morgan fingerprint density at radius 1 is 1.27 bits per heavy atom. The Morgan fingerprint density at radius 2 is 2.05 bits per heavy atom. The van der Waals surface area contributed by atoms with Crippen molar-refractivity contribution < 1.29 is 4.42 Å². The average Bonchev–Trinajstić information content (AvgIpc) is 3.15. The van der Waals surface area contributed by atoms with E-state index in [0.717, 1.165) is 11.3 Å². The van der Waals surface area contributed by atoms with Crippen molar-refractivity contribution in [3.8, 4) is 17.3 Å². The molecule has 1 aromatic carbocycles. The van der Waals surface area contributed by atoms with Crippen LogP contribution >= 0.6 is 27.3 Å². The summed E-state index contributed by atoms with van der Waals surface area (Å²) in [6, 6.07) is 14.0. The van der Waals surface area contributed by atoms with E-state index in [1.54, 1.807) is 18.2 Å². The number of thiazole rings is 1. The Kier molecular flexibility index (Phi) is 4.23. The van der Waals surface area contributed by atoms with Gasteiger partial charge < -0.3 is 4.42 Å². The van der Waals surface area contributed by atoms with Crippen molar-refractivity contribution in [3.63, 3.8) is 0 Å². The molecule has 0 bridgehead atoms.